The predicted octanol–water partition coefficient (Wildman–Crippen LogP) is 5.32. The average Bonchev–Trinajstić information content (AvgIpc) is 2.74. The van der Waals surface area contributed by atoms with Gasteiger partial charge < -0.3 is 9.64 Å². The lowest BCUT2D eigenvalue weighted by Crippen LogP contribution is -2.43. The van der Waals surface area contributed by atoms with E-state index in [2.05, 4.69) is 61.5 Å². The quantitative estimate of drug-likeness (QED) is 0.608. The third-order valence-corrected chi connectivity index (χ3v) is 5.65. The predicted molar refractivity (Wildman–Crippen MR) is 117 cm³/mol. The third kappa shape index (κ3) is 4.19. The van der Waals surface area contributed by atoms with E-state index >= 15 is 0 Å². The summed E-state index contributed by atoms with van der Waals surface area (Å²) in [6, 6.07) is 23.0. The molecule has 0 fully saturated rings. The number of carbonyl (C=O) groups excluding carboxylic acids is 1. The van der Waals surface area contributed by atoms with Crippen molar-refractivity contribution in [3.63, 3.8) is 0 Å². The minimum Gasteiger partial charge on any atom is -0.481 e. The lowest BCUT2D eigenvalue weighted by atomic mass is 9.99. The van der Waals surface area contributed by atoms with Gasteiger partial charge in [0, 0.05) is 13.1 Å². The topological polar surface area (TPSA) is 29.5 Å². The zero-order chi connectivity index (χ0) is 20.4. The van der Waals surface area contributed by atoms with Crippen LogP contribution in [0.15, 0.2) is 66.7 Å². The van der Waals surface area contributed by atoms with Gasteiger partial charge in [0.1, 0.15) is 5.75 Å². The molecule has 1 aliphatic rings. The summed E-state index contributed by atoms with van der Waals surface area (Å²) in [6.07, 6.45) is 0.392. The first kappa shape index (κ1) is 19.3. The van der Waals surface area contributed by atoms with E-state index in [1.165, 1.54) is 22.3 Å². The number of hydrogen-bond acceptors (Lipinski definition) is 2. The molecule has 0 spiro atoms. The maximum Gasteiger partial charge on any atom is 0.263 e. The first-order valence-electron chi connectivity index (χ1n) is 10.2. The summed E-state index contributed by atoms with van der Waals surface area (Å²) in [4.78, 5) is 14.9. The second-order valence-electron chi connectivity index (χ2n) is 7.88. The second kappa shape index (κ2) is 8.12. The molecule has 0 unspecified atom stereocenters. The van der Waals surface area contributed by atoms with E-state index in [1.807, 2.05) is 30.9 Å². The molecular formula is C26H27NO2. The average molecular weight is 386 g/mol. The van der Waals surface area contributed by atoms with Crippen LogP contribution in [0.3, 0.4) is 0 Å². The number of nitrogens with zero attached hydrogens (tertiary/aromatic N) is 1. The molecule has 0 saturated heterocycles. The van der Waals surface area contributed by atoms with Crippen molar-refractivity contribution in [2.24, 2.45) is 0 Å². The first-order chi connectivity index (χ1) is 14.0. The van der Waals surface area contributed by atoms with Gasteiger partial charge in [-0.2, -0.15) is 0 Å². The Morgan fingerprint density at radius 1 is 0.931 bits per heavy atom. The molecule has 29 heavy (non-hydrogen) atoms. The highest BCUT2D eigenvalue weighted by atomic mass is 16.5. The number of benzene rings is 3. The number of carbonyl (C=O) groups is 1. The van der Waals surface area contributed by atoms with Gasteiger partial charge in [0.2, 0.25) is 0 Å². The van der Waals surface area contributed by atoms with Crippen LogP contribution >= 0.6 is 0 Å². The Labute approximate surface area is 172 Å². The molecule has 3 aromatic rings. The van der Waals surface area contributed by atoms with Crippen molar-refractivity contribution in [1.82, 2.24) is 4.90 Å². The van der Waals surface area contributed by atoms with E-state index in [0.29, 0.717) is 6.54 Å². The molecule has 1 aliphatic heterocycles. The van der Waals surface area contributed by atoms with Crippen LogP contribution in [-0.4, -0.2) is 23.5 Å². The maximum atomic E-state index is 12.9. The molecule has 0 radical (unpaired) electrons. The molecule has 4 rings (SSSR count). The van der Waals surface area contributed by atoms with Gasteiger partial charge in [-0.25, -0.2) is 0 Å². The highest BCUT2D eigenvalue weighted by Crippen LogP contribution is 2.28. The molecule has 1 heterocycles. The minimum atomic E-state index is -0.510. The molecule has 0 bridgehead atoms. The maximum absolute atomic E-state index is 12.9. The van der Waals surface area contributed by atoms with E-state index in [9.17, 15) is 4.79 Å². The molecule has 3 aromatic carbocycles. The van der Waals surface area contributed by atoms with Crippen LogP contribution in [0.2, 0.25) is 0 Å². The van der Waals surface area contributed by atoms with Gasteiger partial charge in [-0.05, 0) is 67.1 Å². The van der Waals surface area contributed by atoms with E-state index in [4.69, 9.17) is 4.74 Å². The van der Waals surface area contributed by atoms with Crippen LogP contribution in [0.5, 0.6) is 5.75 Å². The summed E-state index contributed by atoms with van der Waals surface area (Å²) >= 11 is 0. The molecule has 3 nitrogen and oxygen atoms in total. The zero-order valence-electron chi connectivity index (χ0n) is 17.3. The van der Waals surface area contributed by atoms with Crippen LogP contribution in [0.1, 0.15) is 29.2 Å². The number of fused-ring (bicyclic) bond motifs is 1. The monoisotopic (exact) mass is 385 g/mol. The van der Waals surface area contributed by atoms with E-state index in [1.54, 1.807) is 0 Å². The summed E-state index contributed by atoms with van der Waals surface area (Å²) in [5, 5.41) is 0. The van der Waals surface area contributed by atoms with Crippen molar-refractivity contribution in [2.75, 3.05) is 6.54 Å². The van der Waals surface area contributed by atoms with Crippen LogP contribution in [0, 0.1) is 13.8 Å². The highest BCUT2D eigenvalue weighted by Gasteiger charge is 2.26. The molecule has 3 heteroatoms. The summed E-state index contributed by atoms with van der Waals surface area (Å²) < 4.78 is 6.07. The summed E-state index contributed by atoms with van der Waals surface area (Å²) in [5.41, 5.74) is 7.19. The largest absolute Gasteiger partial charge is 0.481 e. The lowest BCUT2D eigenvalue weighted by Gasteiger charge is -2.31. The van der Waals surface area contributed by atoms with Crippen molar-refractivity contribution in [3.8, 4) is 16.9 Å². The number of amides is 1. The fraction of sp³-hybridized carbons (Fsp3) is 0.269. The van der Waals surface area contributed by atoms with E-state index in [-0.39, 0.29) is 5.91 Å². The zero-order valence-corrected chi connectivity index (χ0v) is 17.3. The van der Waals surface area contributed by atoms with Crippen molar-refractivity contribution in [2.45, 2.75) is 39.8 Å². The normalized spacial score (nSPS) is 14.2. The van der Waals surface area contributed by atoms with Gasteiger partial charge >= 0.3 is 0 Å². The van der Waals surface area contributed by atoms with E-state index < -0.39 is 6.10 Å². The van der Waals surface area contributed by atoms with Crippen LogP contribution in [0.4, 0.5) is 0 Å². The Kier molecular flexibility index (Phi) is 5.39. The lowest BCUT2D eigenvalue weighted by molar-refractivity contribution is -0.138. The van der Waals surface area contributed by atoms with Crippen molar-refractivity contribution in [3.05, 3.63) is 89.0 Å². The Hall–Kier alpha value is -3.07. The number of hydrogen-bond donors (Lipinski definition) is 0. The summed E-state index contributed by atoms with van der Waals surface area (Å²) in [7, 11) is 0. The molecule has 0 N–H and O–H groups in total. The minimum absolute atomic E-state index is 0.0431. The molecule has 0 saturated carbocycles. The first-order valence-corrected chi connectivity index (χ1v) is 10.2. The fourth-order valence-corrected chi connectivity index (χ4v) is 3.89. The van der Waals surface area contributed by atoms with Gasteiger partial charge in [-0.15, -0.1) is 0 Å². The van der Waals surface area contributed by atoms with Crippen molar-refractivity contribution in [1.29, 1.82) is 0 Å². The Morgan fingerprint density at radius 3 is 2.34 bits per heavy atom. The molecule has 0 aliphatic carbocycles. The van der Waals surface area contributed by atoms with Crippen LogP contribution in [0.25, 0.3) is 11.1 Å². The van der Waals surface area contributed by atoms with Crippen molar-refractivity contribution < 1.29 is 9.53 Å². The molecule has 0 aromatic heterocycles. The van der Waals surface area contributed by atoms with Gasteiger partial charge in [0.25, 0.3) is 5.91 Å². The molecular weight excluding hydrogens is 358 g/mol. The smallest absolute Gasteiger partial charge is 0.263 e. The Bertz CT molecular complexity index is 1020. The number of aryl methyl sites for hydroxylation is 2. The van der Waals surface area contributed by atoms with E-state index in [0.717, 1.165) is 29.8 Å². The van der Waals surface area contributed by atoms with Gasteiger partial charge in [0.15, 0.2) is 6.10 Å². The Morgan fingerprint density at radius 2 is 1.62 bits per heavy atom. The van der Waals surface area contributed by atoms with Gasteiger partial charge in [0.05, 0.1) is 0 Å². The van der Waals surface area contributed by atoms with Gasteiger partial charge in [-0.3, -0.25) is 4.79 Å². The van der Waals surface area contributed by atoms with Gasteiger partial charge in [-0.1, -0.05) is 60.2 Å². The van der Waals surface area contributed by atoms with Crippen molar-refractivity contribution >= 4 is 5.91 Å². The summed E-state index contributed by atoms with van der Waals surface area (Å²) in [6.45, 7) is 7.37. The molecule has 1 atom stereocenters. The second-order valence-corrected chi connectivity index (χ2v) is 7.88. The summed E-state index contributed by atoms with van der Waals surface area (Å²) in [5.74, 6) is 0.806. The SMILES string of the molecule is Cc1ccc(-c2ccc(O[C@H](C)C(=O)N3CCc4ccccc4C3)c(C)c2)cc1. The number of ether oxygens (including phenoxy) is 1. The van der Waals surface area contributed by atoms with Crippen LogP contribution < -0.4 is 4.74 Å². The standard InChI is InChI=1S/C26H27NO2/c1-18-8-10-22(11-9-18)23-12-13-25(19(2)16-23)29-20(3)26(28)27-15-14-21-6-4-5-7-24(21)17-27/h4-13,16,20H,14-15,17H2,1-3H3/t20-/m1/s1. The Balaban J connectivity index is 1.45. The van der Waals surface area contributed by atoms with Crippen LogP contribution in [-0.2, 0) is 17.8 Å². The molecule has 148 valence electrons. The third-order valence-electron chi connectivity index (χ3n) is 5.65. The number of rotatable bonds is 4. The fourth-order valence-electron chi connectivity index (χ4n) is 3.89. The highest BCUT2D eigenvalue weighted by molar-refractivity contribution is 5.81. The molecule has 1 amide bonds.